The van der Waals surface area contributed by atoms with E-state index >= 15 is 0 Å². The number of nitrogens with zero attached hydrogens (tertiary/aromatic N) is 5. The lowest BCUT2D eigenvalue weighted by Crippen LogP contribution is -2.89. The van der Waals surface area contributed by atoms with E-state index in [1.807, 2.05) is 30.6 Å². The van der Waals surface area contributed by atoms with E-state index in [9.17, 15) is 4.39 Å². The number of ether oxygens (including phenoxy) is 3. The summed E-state index contributed by atoms with van der Waals surface area (Å²) >= 11 is 6.50. The van der Waals surface area contributed by atoms with Crippen LogP contribution in [0.1, 0.15) is 88.5 Å². The molecule has 0 aromatic carbocycles. The Morgan fingerprint density at radius 3 is 1.08 bits per heavy atom. The van der Waals surface area contributed by atoms with Crippen molar-refractivity contribution in [3.63, 3.8) is 0 Å². The fourth-order valence-electron chi connectivity index (χ4n) is 11.3. The second kappa shape index (κ2) is 37.5. The summed E-state index contributed by atoms with van der Waals surface area (Å²) in [5, 5.41) is 0. The van der Waals surface area contributed by atoms with Crippen molar-refractivity contribution < 1.29 is 27.9 Å². The molecule has 6 atom stereocenters. The zero-order valence-corrected chi connectivity index (χ0v) is 54.7. The first-order valence-electron chi connectivity index (χ1n) is 29.1. The van der Waals surface area contributed by atoms with E-state index in [0.717, 1.165) is 52.2 Å². The third-order valence-corrected chi connectivity index (χ3v) is 16.8. The van der Waals surface area contributed by atoms with Gasteiger partial charge in [-0.15, -0.1) is 0 Å². The predicted octanol–water partition coefficient (Wildman–Crippen LogP) is -3.41. The Morgan fingerprint density at radius 1 is 0.482 bits per heavy atom. The van der Waals surface area contributed by atoms with Crippen LogP contribution in [0.2, 0.25) is 0 Å². The minimum atomic E-state index is -1.07. The molecule has 0 saturated carbocycles. The molecule has 33 radical (unpaired) electrons. The van der Waals surface area contributed by atoms with Crippen molar-refractivity contribution in [1.29, 1.82) is 0 Å². The lowest BCUT2D eigenvalue weighted by molar-refractivity contribution is -0.0292. The average molecular weight is 1210 g/mol. The molecular weight excluding hydrogens is 1160 g/mol. The van der Waals surface area contributed by atoms with Gasteiger partial charge in [0.25, 0.3) is 0 Å². The predicted molar refractivity (Wildman–Crippen MR) is 400 cm³/mol. The minimum Gasteiger partial charge on any atom is -0.399 e. The maximum atomic E-state index is 12.0. The molecule has 7 rings (SSSR count). The van der Waals surface area contributed by atoms with Crippen molar-refractivity contribution in [2.24, 2.45) is 0 Å². The highest BCUT2D eigenvalue weighted by molar-refractivity contribution is 9.10. The molecule has 4 aliphatic heterocycles. The molecule has 7 heterocycles. The Labute approximate surface area is 557 Å². The molecule has 0 bridgehead atoms. The zero-order chi connectivity index (χ0) is 64.4. The number of rotatable bonds is 17. The van der Waals surface area contributed by atoms with Gasteiger partial charge in [-0.25, -0.2) is 15.0 Å². The van der Waals surface area contributed by atoms with Gasteiger partial charge in [-0.2, -0.15) is 4.39 Å². The lowest BCUT2D eigenvalue weighted by atomic mass is 8.31. The zero-order valence-electron chi connectivity index (χ0n) is 51.5. The molecule has 4 aliphatic rings. The third kappa shape index (κ3) is 25.3. The van der Waals surface area contributed by atoms with Gasteiger partial charge in [-0.1, -0.05) is 6.07 Å². The normalized spacial score (nSPS) is 20.8. The van der Waals surface area contributed by atoms with Crippen LogP contribution in [0, 0.1) is 5.95 Å². The number of pyridine rings is 3. The largest absolute Gasteiger partial charge is 0.496 e. The lowest BCUT2D eigenvalue weighted by Gasteiger charge is -2.50. The first-order valence-corrected chi connectivity index (χ1v) is 30.7. The number of anilines is 2. The van der Waals surface area contributed by atoms with Crippen molar-refractivity contribution >= 4 is 276 Å². The van der Waals surface area contributed by atoms with Gasteiger partial charge >= 0.3 is 7.12 Å². The molecule has 3 aromatic rings. The van der Waals surface area contributed by atoms with Crippen LogP contribution in [0.15, 0.2) is 63.9 Å². The van der Waals surface area contributed by atoms with Crippen LogP contribution < -0.4 is 15.3 Å². The van der Waals surface area contributed by atoms with Crippen LogP contribution in [-0.4, -0.2) is 316 Å². The van der Waals surface area contributed by atoms with E-state index in [4.69, 9.17) is 147 Å². The van der Waals surface area contributed by atoms with Gasteiger partial charge in [-0.3, -0.25) is 0 Å². The first-order chi connectivity index (χ1) is 39.5. The Morgan fingerprint density at radius 2 is 0.812 bits per heavy atom. The fraction of sp³-hybridized carbons (Fsp3) is 0.625. The van der Waals surface area contributed by atoms with E-state index < -0.39 is 95.3 Å². The molecule has 0 aliphatic carbocycles. The quantitative estimate of drug-likeness (QED) is 0.101. The summed E-state index contributed by atoms with van der Waals surface area (Å²) in [6, 6.07) is 11.1. The Kier molecular flexibility index (Phi) is 34.9. The smallest absolute Gasteiger partial charge is 0.399 e. The van der Waals surface area contributed by atoms with Crippen LogP contribution in [0.25, 0.3) is 0 Å². The van der Waals surface area contributed by atoms with Crippen LogP contribution in [0.3, 0.4) is 0 Å². The second-order valence-corrected chi connectivity index (χ2v) is 25.8. The molecule has 0 spiro atoms. The Balaban J connectivity index is 0.000000303. The first kappa shape index (κ1) is 79.1. The van der Waals surface area contributed by atoms with Crippen molar-refractivity contribution in [2.75, 3.05) is 36.0 Å². The van der Waals surface area contributed by atoms with E-state index in [1.165, 1.54) is 38.6 Å². The van der Waals surface area contributed by atoms with Crippen molar-refractivity contribution in [2.45, 2.75) is 136 Å². The van der Waals surface area contributed by atoms with Crippen LogP contribution in [0.5, 0.6) is 0 Å². The molecular formula is C40H59B32Br2FN5O5. The summed E-state index contributed by atoms with van der Waals surface area (Å²) in [6.45, 7) is 24.5. The molecule has 85 heavy (non-hydrogen) atoms. The maximum Gasteiger partial charge on any atom is 0.496 e. The van der Waals surface area contributed by atoms with Crippen molar-refractivity contribution in [3.05, 3.63) is 69.9 Å². The van der Waals surface area contributed by atoms with Gasteiger partial charge in [0.1, 0.15) is 11.6 Å². The van der Waals surface area contributed by atoms with Gasteiger partial charge < -0.3 is 33.3 Å². The Bertz CT molecular complexity index is 2250. The van der Waals surface area contributed by atoms with Crippen LogP contribution in [-0.2, 0) is 23.5 Å². The Hall–Kier alpha value is -0.182. The van der Waals surface area contributed by atoms with Crippen LogP contribution in [0.4, 0.5) is 16.0 Å². The standard InChI is InChI=1S/C17H27BN2O3.C11H15BrN2O.C7H14O.C5H3BrFN.B31/c1-12-10-20(11-13(2)21-12)15-8-7-14(9-19-15)18-22-16(3,4)17(5,6)23-18;1-8-6-14(7-9(2)15-8)11-4-3-10(12)5-13-11;1-6-4-3-5-7(2)8-6;6-4-1-2-5(7)8-3-4;1-17-25(16)29(24(14)15)31(28(22(10)11)23(12)13)30(26(18(2)3)19(4)5)27(20(6)7)21(8)9/h7-9,12-13H,10-11H2,1-6H3;3-5,8-9H,6-7H2,1-2H3;6-7H,3-5H2,1-2H3;1-3H;. The van der Waals surface area contributed by atoms with Gasteiger partial charge in [0.15, 0.2) is 0 Å². The highest BCUT2D eigenvalue weighted by Crippen LogP contribution is 2.36. The summed E-state index contributed by atoms with van der Waals surface area (Å²) in [5.74, 6) is 1.56. The molecule has 0 N–H and O–H groups in total. The van der Waals surface area contributed by atoms with Crippen molar-refractivity contribution in [1.82, 2.24) is 15.0 Å². The summed E-state index contributed by atoms with van der Waals surface area (Å²) in [7, 11) is 97.7. The molecule has 10 nitrogen and oxygen atoms in total. The summed E-state index contributed by atoms with van der Waals surface area (Å²) in [4.78, 5) is 16.9. The molecule has 45 heteroatoms. The highest BCUT2D eigenvalue weighted by Gasteiger charge is 2.54. The van der Waals surface area contributed by atoms with Gasteiger partial charge in [0, 0.05) is 279 Å². The van der Waals surface area contributed by atoms with E-state index in [0.29, 0.717) is 12.2 Å². The number of hydrogen-bond acceptors (Lipinski definition) is 10. The van der Waals surface area contributed by atoms with E-state index in [2.05, 4.69) is 132 Å². The number of aromatic nitrogens is 3. The summed E-state index contributed by atoms with van der Waals surface area (Å²) in [5.41, 5.74) is 0.304. The highest BCUT2D eigenvalue weighted by atomic mass is 79.9. The molecule has 4 fully saturated rings. The average Bonchev–Trinajstić information content (AvgIpc) is 2.39. The summed E-state index contributed by atoms with van der Waals surface area (Å²) < 4.78 is 42.9. The van der Waals surface area contributed by atoms with Gasteiger partial charge in [-0.05, 0) is 151 Å². The maximum absolute atomic E-state index is 12.0. The summed E-state index contributed by atoms with van der Waals surface area (Å²) in [6.07, 6.45) is -2.41. The van der Waals surface area contributed by atoms with E-state index in [1.54, 1.807) is 6.07 Å². The number of halogens is 3. The number of morpholine rings is 2. The minimum absolute atomic E-state index is 0.225. The van der Waals surface area contributed by atoms with Gasteiger partial charge in [0.2, 0.25) is 5.95 Å². The topological polar surface area (TPSA) is 91.3 Å². The third-order valence-electron chi connectivity index (χ3n) is 15.9. The number of hydrogen-bond donors (Lipinski definition) is 0. The van der Waals surface area contributed by atoms with E-state index in [-0.39, 0.29) is 42.7 Å². The van der Waals surface area contributed by atoms with Gasteiger partial charge in [0.05, 0.1) is 47.8 Å². The molecule has 3 aromatic heterocycles. The SMILES string of the molecule is CC1CCCC(C)O1.CC1CN(c2ccc(B3OC(C)(C)C(C)(C)O3)cn2)CC(C)O1.CC1CN(c2ccc(Br)cn2)CC(C)O1.Fc1ccc(Br)cn1.[B][B]B([B])B(B([B])[B])B(B(B([B])[B])B([B])[B])B(B(B([B])[B])B([B])[B])B(B([B])[B])B([B])[B]. The van der Waals surface area contributed by atoms with Crippen molar-refractivity contribution in [3.8, 4) is 0 Å². The molecule has 4 saturated heterocycles. The molecule has 391 valence electrons. The molecule has 0 amide bonds. The molecule has 6 unspecified atom stereocenters. The van der Waals surface area contributed by atoms with Crippen LogP contribution >= 0.6 is 31.9 Å². The second-order valence-electron chi connectivity index (χ2n) is 24.0. The monoisotopic (exact) mass is 1220 g/mol. The fourth-order valence-corrected chi connectivity index (χ4v) is 11.8.